The Balaban J connectivity index is 1.88. The molecule has 3 rings (SSSR count). The molecular weight excluding hydrogens is 338 g/mol. The highest BCUT2D eigenvalue weighted by Gasteiger charge is 2.18. The van der Waals surface area contributed by atoms with Gasteiger partial charge in [-0.25, -0.2) is 18.7 Å². The Morgan fingerprint density at radius 2 is 1.73 bits per heavy atom. The molecule has 0 aliphatic rings. The predicted octanol–water partition coefficient (Wildman–Crippen LogP) is 4.17. The average Bonchev–Trinajstić information content (AvgIpc) is 2.66. The first-order valence-electron chi connectivity index (χ1n) is 8.01. The van der Waals surface area contributed by atoms with Gasteiger partial charge in [0.15, 0.2) is 0 Å². The molecule has 26 heavy (non-hydrogen) atoms. The van der Waals surface area contributed by atoms with Crippen molar-refractivity contribution in [3.63, 3.8) is 0 Å². The molecule has 5 nitrogen and oxygen atoms in total. The van der Waals surface area contributed by atoms with E-state index in [1.807, 2.05) is 37.3 Å². The van der Waals surface area contributed by atoms with E-state index in [1.54, 1.807) is 4.90 Å². The highest BCUT2D eigenvalue weighted by atomic mass is 19.1. The van der Waals surface area contributed by atoms with Crippen molar-refractivity contribution < 1.29 is 13.6 Å². The van der Waals surface area contributed by atoms with E-state index in [9.17, 15) is 13.6 Å². The normalized spacial score (nSPS) is 10.4. The maximum absolute atomic E-state index is 13.8. The molecule has 1 N–H and O–H groups in total. The molecule has 3 aromatic rings. The lowest BCUT2D eigenvalue weighted by atomic mass is 10.2. The number of aromatic nitrogens is 2. The minimum absolute atomic E-state index is 0.0658. The molecule has 0 radical (unpaired) electrons. The van der Waals surface area contributed by atoms with Crippen molar-refractivity contribution in [3.8, 4) is 0 Å². The molecule has 1 aromatic heterocycles. The number of para-hydroxylation sites is 2. The zero-order chi connectivity index (χ0) is 18.5. The van der Waals surface area contributed by atoms with E-state index in [4.69, 9.17) is 0 Å². The van der Waals surface area contributed by atoms with Crippen LogP contribution in [0.1, 0.15) is 17.4 Å². The minimum Gasteiger partial charge on any atom is -0.319 e. The molecular formula is C19H16F2N4O. The van der Waals surface area contributed by atoms with Crippen LogP contribution in [-0.4, -0.2) is 22.4 Å². The molecule has 0 saturated carbocycles. The third-order valence-corrected chi connectivity index (χ3v) is 3.70. The summed E-state index contributed by atoms with van der Waals surface area (Å²) in [7, 11) is 0. The molecule has 1 amide bonds. The summed E-state index contributed by atoms with van der Waals surface area (Å²) in [5.74, 6) is -1.95. The van der Waals surface area contributed by atoms with Crippen LogP contribution in [0.5, 0.6) is 0 Å². The van der Waals surface area contributed by atoms with Crippen LogP contribution in [0, 0.1) is 11.6 Å². The summed E-state index contributed by atoms with van der Waals surface area (Å²) in [5, 5.41) is 2.49. The molecule has 132 valence electrons. The van der Waals surface area contributed by atoms with Gasteiger partial charge in [-0.3, -0.25) is 4.79 Å². The average molecular weight is 354 g/mol. The minimum atomic E-state index is -0.773. The van der Waals surface area contributed by atoms with E-state index in [-0.39, 0.29) is 23.2 Å². The number of carbonyl (C=O) groups excluding carboxylic acids is 1. The zero-order valence-corrected chi connectivity index (χ0v) is 14.0. The topological polar surface area (TPSA) is 58.1 Å². The zero-order valence-electron chi connectivity index (χ0n) is 14.0. The van der Waals surface area contributed by atoms with Gasteiger partial charge < -0.3 is 10.2 Å². The molecule has 0 unspecified atom stereocenters. The van der Waals surface area contributed by atoms with Crippen LogP contribution in [0.3, 0.4) is 0 Å². The van der Waals surface area contributed by atoms with E-state index in [1.165, 1.54) is 18.3 Å². The Labute approximate surface area is 149 Å². The number of hydrogen-bond donors (Lipinski definition) is 1. The summed E-state index contributed by atoms with van der Waals surface area (Å²) in [6.07, 6.45) is 1.36. The highest BCUT2D eigenvalue weighted by Crippen LogP contribution is 2.22. The quantitative estimate of drug-likeness (QED) is 0.747. The van der Waals surface area contributed by atoms with Crippen molar-refractivity contribution in [3.05, 3.63) is 78.1 Å². The van der Waals surface area contributed by atoms with E-state index in [0.29, 0.717) is 6.54 Å². The van der Waals surface area contributed by atoms with Crippen molar-refractivity contribution >= 4 is 23.2 Å². The number of nitrogens with zero attached hydrogens (tertiary/aromatic N) is 3. The molecule has 0 aliphatic heterocycles. The van der Waals surface area contributed by atoms with Gasteiger partial charge in [0.25, 0.3) is 5.91 Å². The van der Waals surface area contributed by atoms with Crippen LogP contribution in [-0.2, 0) is 0 Å². The van der Waals surface area contributed by atoms with Crippen LogP contribution in [0.25, 0.3) is 0 Å². The molecule has 0 saturated heterocycles. The van der Waals surface area contributed by atoms with Gasteiger partial charge in [-0.1, -0.05) is 24.3 Å². The number of halogens is 2. The van der Waals surface area contributed by atoms with E-state index < -0.39 is 11.6 Å². The standard InChI is InChI=1S/C19H16F2N4O/c1-2-25(13-7-4-3-5-8-13)18(26)16-11-12-22-19(23-16)24-17-14(20)9-6-10-15(17)21/h3-12H,2H2,1H3,(H,22,23,24). The van der Waals surface area contributed by atoms with Gasteiger partial charge in [-0.15, -0.1) is 0 Å². The largest absolute Gasteiger partial charge is 0.319 e. The highest BCUT2D eigenvalue weighted by molar-refractivity contribution is 6.04. The van der Waals surface area contributed by atoms with Crippen LogP contribution >= 0.6 is 0 Å². The Morgan fingerprint density at radius 3 is 2.38 bits per heavy atom. The second kappa shape index (κ2) is 7.69. The maximum atomic E-state index is 13.8. The fourth-order valence-electron chi connectivity index (χ4n) is 2.46. The smallest absolute Gasteiger partial charge is 0.277 e. The number of nitrogens with one attached hydrogen (secondary N) is 1. The Morgan fingerprint density at radius 1 is 1.04 bits per heavy atom. The van der Waals surface area contributed by atoms with E-state index in [0.717, 1.165) is 17.8 Å². The van der Waals surface area contributed by atoms with Crippen LogP contribution in [0.4, 0.5) is 26.1 Å². The lowest BCUT2D eigenvalue weighted by Gasteiger charge is -2.20. The Hall–Kier alpha value is -3.35. The molecule has 2 aromatic carbocycles. The lowest BCUT2D eigenvalue weighted by Crippen LogP contribution is -2.31. The van der Waals surface area contributed by atoms with Crippen molar-refractivity contribution in [1.82, 2.24) is 9.97 Å². The second-order valence-electron chi connectivity index (χ2n) is 5.37. The summed E-state index contributed by atoms with van der Waals surface area (Å²) in [5.41, 5.74) is 0.478. The molecule has 0 bridgehead atoms. The predicted molar refractivity (Wildman–Crippen MR) is 95.5 cm³/mol. The fourth-order valence-corrected chi connectivity index (χ4v) is 2.46. The Kier molecular flexibility index (Phi) is 5.17. The number of amides is 1. The molecule has 7 heteroatoms. The van der Waals surface area contributed by atoms with Gasteiger partial charge in [0.1, 0.15) is 23.0 Å². The number of benzene rings is 2. The first-order chi connectivity index (χ1) is 12.6. The van der Waals surface area contributed by atoms with Gasteiger partial charge in [-0.2, -0.15) is 0 Å². The maximum Gasteiger partial charge on any atom is 0.277 e. The third-order valence-electron chi connectivity index (χ3n) is 3.70. The summed E-state index contributed by atoms with van der Waals surface area (Å²) < 4.78 is 27.5. The van der Waals surface area contributed by atoms with Crippen molar-refractivity contribution in [2.24, 2.45) is 0 Å². The van der Waals surface area contributed by atoms with E-state index >= 15 is 0 Å². The second-order valence-corrected chi connectivity index (χ2v) is 5.37. The summed E-state index contributed by atoms with van der Waals surface area (Å²) in [6, 6.07) is 14.1. The van der Waals surface area contributed by atoms with Gasteiger partial charge in [-0.05, 0) is 37.3 Å². The van der Waals surface area contributed by atoms with Crippen LogP contribution in [0.2, 0.25) is 0 Å². The van der Waals surface area contributed by atoms with Crippen molar-refractivity contribution in [1.29, 1.82) is 0 Å². The van der Waals surface area contributed by atoms with Gasteiger partial charge in [0, 0.05) is 18.4 Å². The first-order valence-corrected chi connectivity index (χ1v) is 8.01. The molecule has 0 spiro atoms. The van der Waals surface area contributed by atoms with Crippen LogP contribution in [0.15, 0.2) is 60.8 Å². The first kappa shape index (κ1) is 17.5. The SMILES string of the molecule is CCN(C(=O)c1ccnc(Nc2c(F)cccc2F)n1)c1ccccc1. The molecule has 0 fully saturated rings. The van der Waals surface area contributed by atoms with Crippen molar-refractivity contribution in [2.45, 2.75) is 6.92 Å². The summed E-state index contributed by atoms with van der Waals surface area (Å²) in [4.78, 5) is 22.4. The van der Waals surface area contributed by atoms with Gasteiger partial charge in [0.2, 0.25) is 5.95 Å². The van der Waals surface area contributed by atoms with Crippen LogP contribution < -0.4 is 10.2 Å². The lowest BCUT2D eigenvalue weighted by molar-refractivity contribution is 0.0983. The van der Waals surface area contributed by atoms with Gasteiger partial charge >= 0.3 is 0 Å². The monoisotopic (exact) mass is 354 g/mol. The number of hydrogen-bond acceptors (Lipinski definition) is 4. The number of anilines is 3. The Bertz CT molecular complexity index is 898. The van der Waals surface area contributed by atoms with Crippen molar-refractivity contribution in [2.75, 3.05) is 16.8 Å². The summed E-state index contributed by atoms with van der Waals surface area (Å²) in [6.45, 7) is 2.29. The summed E-state index contributed by atoms with van der Waals surface area (Å²) >= 11 is 0. The molecule has 1 heterocycles. The van der Waals surface area contributed by atoms with Gasteiger partial charge in [0.05, 0.1) is 0 Å². The number of carbonyl (C=O) groups is 1. The molecule has 0 aliphatic carbocycles. The fraction of sp³-hybridized carbons (Fsp3) is 0.105. The number of rotatable bonds is 5. The van der Waals surface area contributed by atoms with E-state index in [2.05, 4.69) is 15.3 Å². The molecule has 0 atom stereocenters. The third kappa shape index (κ3) is 3.66.